The molecule has 1 aliphatic heterocycles. The molecule has 1 aromatic carbocycles. The molecule has 1 aliphatic carbocycles. The van der Waals surface area contributed by atoms with Gasteiger partial charge in [0.1, 0.15) is 12.5 Å². The first-order valence-electron chi connectivity index (χ1n) is 10.4. The second-order valence-electron chi connectivity index (χ2n) is 8.07. The van der Waals surface area contributed by atoms with Crippen molar-refractivity contribution in [2.45, 2.75) is 33.1 Å². The van der Waals surface area contributed by atoms with Gasteiger partial charge < -0.3 is 19.5 Å². The van der Waals surface area contributed by atoms with Gasteiger partial charge in [-0.1, -0.05) is 36.8 Å². The Kier molecular flexibility index (Phi) is 6.95. The van der Waals surface area contributed by atoms with Gasteiger partial charge in [-0.2, -0.15) is 0 Å². The van der Waals surface area contributed by atoms with Gasteiger partial charge in [0.25, 0.3) is 0 Å². The topological polar surface area (TPSA) is 90.9 Å². The van der Waals surface area contributed by atoms with Crippen molar-refractivity contribution in [2.75, 3.05) is 27.4 Å². The zero-order valence-electron chi connectivity index (χ0n) is 18.6. The largest absolute Gasteiger partial charge is 0.468 e. The Morgan fingerprint density at radius 2 is 1.77 bits per heavy atom. The summed E-state index contributed by atoms with van der Waals surface area (Å²) in [4.78, 5) is 39.0. The highest BCUT2D eigenvalue weighted by atomic mass is 16.6. The summed E-state index contributed by atoms with van der Waals surface area (Å²) in [5.74, 6) is -3.12. The molecule has 7 nitrogen and oxygen atoms in total. The first kappa shape index (κ1) is 22.7. The van der Waals surface area contributed by atoms with Crippen LogP contribution in [0.4, 0.5) is 0 Å². The van der Waals surface area contributed by atoms with Gasteiger partial charge >= 0.3 is 11.9 Å². The van der Waals surface area contributed by atoms with E-state index in [9.17, 15) is 14.4 Å². The van der Waals surface area contributed by atoms with Crippen molar-refractivity contribution in [1.82, 2.24) is 5.32 Å². The molecule has 1 N–H and O–H groups in total. The number of hydrogen-bond donors (Lipinski definition) is 1. The Hall–Kier alpha value is -2.93. The molecule has 1 aromatic rings. The predicted octanol–water partition coefficient (Wildman–Crippen LogP) is 2.80. The predicted molar refractivity (Wildman–Crippen MR) is 114 cm³/mol. The SMILES string of the molecule is COCCOC(=O)C1=C(C)NC2=C(C(=O)[C@H](C(=O)OC)[C@@H](C)C2)[C@@H]1c1ccc(C)cc1. The summed E-state index contributed by atoms with van der Waals surface area (Å²) >= 11 is 0. The molecular formula is C24H29NO6. The maximum Gasteiger partial charge on any atom is 0.336 e. The Bertz CT molecular complexity index is 943. The van der Waals surface area contributed by atoms with Gasteiger partial charge in [0.2, 0.25) is 0 Å². The Morgan fingerprint density at radius 1 is 1.10 bits per heavy atom. The summed E-state index contributed by atoms with van der Waals surface area (Å²) in [6, 6.07) is 7.69. The van der Waals surface area contributed by atoms with Crippen LogP contribution in [0.15, 0.2) is 46.8 Å². The number of allylic oxidation sites excluding steroid dienone is 3. The molecule has 1 heterocycles. The summed E-state index contributed by atoms with van der Waals surface area (Å²) in [5, 5.41) is 3.24. The minimum atomic E-state index is -0.900. The Morgan fingerprint density at radius 3 is 2.39 bits per heavy atom. The van der Waals surface area contributed by atoms with Crippen LogP contribution in [-0.2, 0) is 28.6 Å². The van der Waals surface area contributed by atoms with E-state index in [-0.39, 0.29) is 24.9 Å². The average Bonchev–Trinajstić information content (AvgIpc) is 2.73. The Balaban J connectivity index is 2.11. The number of rotatable bonds is 6. The molecule has 0 aromatic heterocycles. The summed E-state index contributed by atoms with van der Waals surface area (Å²) in [6.45, 7) is 6.02. The number of nitrogens with one attached hydrogen (secondary N) is 1. The molecule has 31 heavy (non-hydrogen) atoms. The number of ether oxygens (including phenoxy) is 3. The average molecular weight is 427 g/mol. The maximum atomic E-state index is 13.6. The minimum absolute atomic E-state index is 0.106. The normalized spacial score (nSPS) is 23.3. The highest BCUT2D eigenvalue weighted by molar-refractivity contribution is 6.12. The summed E-state index contributed by atoms with van der Waals surface area (Å²) in [7, 11) is 2.81. The molecule has 0 fully saturated rings. The Labute approximate surface area is 182 Å². The fourth-order valence-electron chi connectivity index (χ4n) is 4.34. The van der Waals surface area contributed by atoms with Gasteiger partial charge in [-0.3, -0.25) is 9.59 Å². The molecule has 3 rings (SSSR count). The van der Waals surface area contributed by atoms with E-state index in [4.69, 9.17) is 14.2 Å². The molecule has 7 heteroatoms. The van der Waals surface area contributed by atoms with Gasteiger partial charge in [0, 0.05) is 30.0 Å². The van der Waals surface area contributed by atoms with Crippen LogP contribution in [0.2, 0.25) is 0 Å². The lowest BCUT2D eigenvalue weighted by Gasteiger charge is -2.38. The quantitative estimate of drug-likeness (QED) is 0.424. The number of carbonyl (C=O) groups excluding carboxylic acids is 3. The summed E-state index contributed by atoms with van der Waals surface area (Å²) in [6.07, 6.45) is 0.506. The lowest BCUT2D eigenvalue weighted by Crippen LogP contribution is -2.43. The van der Waals surface area contributed by atoms with Gasteiger partial charge in [0.05, 0.1) is 19.3 Å². The van der Waals surface area contributed by atoms with Crippen LogP contribution in [0, 0.1) is 18.8 Å². The van der Waals surface area contributed by atoms with E-state index in [1.54, 1.807) is 6.92 Å². The second-order valence-corrected chi connectivity index (χ2v) is 8.07. The van der Waals surface area contributed by atoms with Crippen LogP contribution in [0.5, 0.6) is 0 Å². The van der Waals surface area contributed by atoms with E-state index in [2.05, 4.69) is 5.32 Å². The number of carbonyl (C=O) groups is 3. The molecule has 0 spiro atoms. The van der Waals surface area contributed by atoms with Crippen molar-refractivity contribution in [3.63, 3.8) is 0 Å². The number of hydrogen-bond acceptors (Lipinski definition) is 7. The third kappa shape index (κ3) is 4.42. The van der Waals surface area contributed by atoms with E-state index in [0.717, 1.165) is 16.8 Å². The zero-order chi connectivity index (χ0) is 22.7. The number of aryl methyl sites for hydroxylation is 1. The summed E-state index contributed by atoms with van der Waals surface area (Å²) in [5.41, 5.74) is 4.04. The highest BCUT2D eigenvalue weighted by Gasteiger charge is 2.47. The lowest BCUT2D eigenvalue weighted by atomic mass is 9.69. The molecule has 166 valence electrons. The first-order valence-corrected chi connectivity index (χ1v) is 10.4. The lowest BCUT2D eigenvalue weighted by molar-refractivity contribution is -0.151. The van der Waals surface area contributed by atoms with E-state index in [1.807, 2.05) is 38.1 Å². The van der Waals surface area contributed by atoms with Crippen molar-refractivity contribution < 1.29 is 28.6 Å². The summed E-state index contributed by atoms with van der Waals surface area (Å²) < 4.78 is 15.3. The van der Waals surface area contributed by atoms with Crippen LogP contribution in [0.25, 0.3) is 0 Å². The third-order valence-electron chi connectivity index (χ3n) is 5.89. The zero-order valence-corrected chi connectivity index (χ0v) is 18.6. The third-order valence-corrected chi connectivity index (χ3v) is 5.89. The minimum Gasteiger partial charge on any atom is -0.468 e. The van der Waals surface area contributed by atoms with Crippen molar-refractivity contribution in [1.29, 1.82) is 0 Å². The molecule has 0 unspecified atom stereocenters. The fraction of sp³-hybridized carbons (Fsp3) is 0.458. The van der Waals surface area contributed by atoms with Crippen molar-refractivity contribution in [2.24, 2.45) is 11.8 Å². The van der Waals surface area contributed by atoms with E-state index < -0.39 is 23.8 Å². The van der Waals surface area contributed by atoms with Crippen molar-refractivity contribution in [3.05, 3.63) is 57.9 Å². The van der Waals surface area contributed by atoms with Gasteiger partial charge in [-0.05, 0) is 31.7 Å². The molecular weight excluding hydrogens is 398 g/mol. The smallest absolute Gasteiger partial charge is 0.336 e. The van der Waals surface area contributed by atoms with Crippen LogP contribution in [0.3, 0.4) is 0 Å². The van der Waals surface area contributed by atoms with Crippen molar-refractivity contribution >= 4 is 17.7 Å². The number of dihydropyridines is 1. The molecule has 0 saturated heterocycles. The standard InChI is InChI=1S/C24H29NO6/c1-13-6-8-16(9-7-13)20-19(24(28)31-11-10-29-4)15(3)25-17-12-14(2)18(23(27)30-5)22(26)21(17)20/h6-9,14,18,20,25H,10-12H2,1-5H3/t14-,18+,20+/m0/s1. The highest BCUT2D eigenvalue weighted by Crippen LogP contribution is 2.45. The molecule has 0 bridgehead atoms. The molecule has 2 aliphatic rings. The maximum absolute atomic E-state index is 13.6. The monoisotopic (exact) mass is 427 g/mol. The second kappa shape index (κ2) is 9.47. The number of ketones is 1. The van der Waals surface area contributed by atoms with E-state index in [0.29, 0.717) is 23.3 Å². The number of benzene rings is 1. The van der Waals surface area contributed by atoms with Gasteiger partial charge in [0.15, 0.2) is 5.78 Å². The van der Waals surface area contributed by atoms with Crippen LogP contribution in [-0.4, -0.2) is 45.2 Å². The molecule has 3 atom stereocenters. The van der Waals surface area contributed by atoms with Gasteiger partial charge in [-0.15, -0.1) is 0 Å². The van der Waals surface area contributed by atoms with Gasteiger partial charge in [-0.25, -0.2) is 4.79 Å². The number of Topliss-reactive ketones (excluding diaryl/α,β-unsaturated/α-hetero) is 1. The van der Waals surface area contributed by atoms with Crippen LogP contribution < -0.4 is 5.32 Å². The van der Waals surface area contributed by atoms with E-state index >= 15 is 0 Å². The van der Waals surface area contributed by atoms with E-state index in [1.165, 1.54) is 14.2 Å². The van der Waals surface area contributed by atoms with Crippen LogP contribution in [0.1, 0.15) is 37.3 Å². The molecule has 0 saturated carbocycles. The van der Waals surface area contributed by atoms with Crippen molar-refractivity contribution in [3.8, 4) is 0 Å². The molecule has 0 radical (unpaired) electrons. The number of methoxy groups -OCH3 is 2. The molecule has 0 amide bonds. The first-order chi connectivity index (χ1) is 14.8. The fourth-order valence-corrected chi connectivity index (χ4v) is 4.34. The van der Waals surface area contributed by atoms with Crippen LogP contribution >= 0.6 is 0 Å². The number of esters is 2.